The molecular weight excluding hydrogens is 158 g/mol. The van der Waals surface area contributed by atoms with Gasteiger partial charge in [-0.1, -0.05) is 0 Å². The number of aliphatic hydroxyl groups is 3. The molecule has 1 aliphatic rings. The summed E-state index contributed by atoms with van der Waals surface area (Å²) in [5.74, 6) is 0. The third kappa shape index (κ3) is 2.71. The van der Waals surface area contributed by atoms with Gasteiger partial charge in [-0.25, -0.2) is 0 Å². The second-order valence-electron chi connectivity index (χ2n) is 3.55. The first-order valence-corrected chi connectivity index (χ1v) is 4.38. The highest BCUT2D eigenvalue weighted by molar-refractivity contribution is 4.89. The zero-order valence-corrected chi connectivity index (χ0v) is 7.16. The van der Waals surface area contributed by atoms with Gasteiger partial charge in [-0.3, -0.25) is 0 Å². The fourth-order valence-electron chi connectivity index (χ4n) is 1.30. The summed E-state index contributed by atoms with van der Waals surface area (Å²) in [6.07, 6.45) is 2.05. The van der Waals surface area contributed by atoms with Gasteiger partial charge in [-0.05, 0) is 19.3 Å². The van der Waals surface area contributed by atoms with Crippen molar-refractivity contribution in [3.63, 3.8) is 0 Å². The Morgan fingerprint density at radius 1 is 1.42 bits per heavy atom. The normalized spacial score (nSPS) is 23.2. The average molecular weight is 175 g/mol. The second kappa shape index (κ2) is 4.18. The van der Waals surface area contributed by atoms with Crippen molar-refractivity contribution >= 4 is 0 Å². The lowest BCUT2D eigenvalue weighted by molar-refractivity contribution is -0.0337. The lowest BCUT2D eigenvalue weighted by Crippen LogP contribution is -2.47. The van der Waals surface area contributed by atoms with Crippen molar-refractivity contribution in [1.82, 2.24) is 5.32 Å². The van der Waals surface area contributed by atoms with E-state index in [4.69, 9.17) is 10.2 Å². The van der Waals surface area contributed by atoms with E-state index in [-0.39, 0.29) is 6.61 Å². The van der Waals surface area contributed by atoms with E-state index in [2.05, 4.69) is 5.32 Å². The highest BCUT2D eigenvalue weighted by atomic mass is 16.3. The smallest absolute Gasteiger partial charge is 0.0894 e. The number of nitrogens with one attached hydrogen (secondary N) is 1. The minimum Gasteiger partial charge on any atom is -0.394 e. The maximum Gasteiger partial charge on any atom is 0.0894 e. The molecule has 0 aromatic carbocycles. The first-order chi connectivity index (χ1) is 5.66. The van der Waals surface area contributed by atoms with Crippen molar-refractivity contribution in [3.05, 3.63) is 0 Å². The standard InChI is InChI=1S/C8H17NO3/c10-5-7(11)4-9-6-8(12)2-1-3-8/h7,9-12H,1-6H2/t7-/m0/s1. The molecule has 1 rings (SSSR count). The van der Waals surface area contributed by atoms with Crippen LogP contribution < -0.4 is 5.32 Å². The number of rotatable bonds is 5. The van der Waals surface area contributed by atoms with E-state index in [0.29, 0.717) is 13.1 Å². The van der Waals surface area contributed by atoms with Crippen molar-refractivity contribution in [1.29, 1.82) is 0 Å². The summed E-state index contributed by atoms with van der Waals surface area (Å²) in [5, 5.41) is 29.9. The van der Waals surface area contributed by atoms with Gasteiger partial charge in [0.15, 0.2) is 0 Å². The molecule has 0 radical (unpaired) electrons. The van der Waals surface area contributed by atoms with E-state index in [0.717, 1.165) is 19.3 Å². The van der Waals surface area contributed by atoms with Gasteiger partial charge in [0.25, 0.3) is 0 Å². The molecule has 0 aliphatic heterocycles. The summed E-state index contributed by atoms with van der Waals surface area (Å²) >= 11 is 0. The zero-order chi connectivity index (χ0) is 9.03. The zero-order valence-electron chi connectivity index (χ0n) is 7.16. The van der Waals surface area contributed by atoms with Gasteiger partial charge in [0.05, 0.1) is 18.3 Å². The highest BCUT2D eigenvalue weighted by Gasteiger charge is 2.33. The molecule has 0 amide bonds. The quantitative estimate of drug-likeness (QED) is 0.425. The molecule has 1 saturated carbocycles. The van der Waals surface area contributed by atoms with Crippen molar-refractivity contribution in [2.24, 2.45) is 0 Å². The first kappa shape index (κ1) is 9.92. The van der Waals surface area contributed by atoms with Gasteiger partial charge in [0.2, 0.25) is 0 Å². The average Bonchev–Trinajstić information content (AvgIpc) is 2.01. The molecule has 0 aromatic heterocycles. The van der Waals surface area contributed by atoms with Crippen LogP contribution in [0.4, 0.5) is 0 Å². The molecule has 0 saturated heterocycles. The maximum atomic E-state index is 9.59. The molecular formula is C8H17NO3. The fraction of sp³-hybridized carbons (Fsp3) is 1.00. The first-order valence-electron chi connectivity index (χ1n) is 4.38. The van der Waals surface area contributed by atoms with Crippen LogP contribution in [0.25, 0.3) is 0 Å². The Balaban J connectivity index is 2.01. The Kier molecular flexibility index (Phi) is 3.46. The van der Waals surface area contributed by atoms with Crippen LogP contribution in [0, 0.1) is 0 Å². The van der Waals surface area contributed by atoms with Crippen molar-refractivity contribution < 1.29 is 15.3 Å². The van der Waals surface area contributed by atoms with Crippen molar-refractivity contribution in [2.75, 3.05) is 19.7 Å². The van der Waals surface area contributed by atoms with Crippen LogP contribution in [0.15, 0.2) is 0 Å². The molecule has 0 spiro atoms. The summed E-state index contributed by atoms with van der Waals surface area (Å²) in [4.78, 5) is 0. The molecule has 4 nitrogen and oxygen atoms in total. The lowest BCUT2D eigenvalue weighted by Gasteiger charge is -2.36. The van der Waals surface area contributed by atoms with Gasteiger partial charge >= 0.3 is 0 Å². The Labute approximate surface area is 72.2 Å². The van der Waals surface area contributed by atoms with Gasteiger partial charge < -0.3 is 20.6 Å². The molecule has 0 heterocycles. The monoisotopic (exact) mass is 175 g/mol. The topological polar surface area (TPSA) is 72.7 Å². The van der Waals surface area contributed by atoms with E-state index >= 15 is 0 Å². The lowest BCUT2D eigenvalue weighted by atomic mass is 9.80. The Morgan fingerprint density at radius 2 is 2.08 bits per heavy atom. The summed E-state index contributed by atoms with van der Waals surface area (Å²) in [5.41, 5.74) is -0.546. The molecule has 0 aromatic rings. The molecule has 0 bridgehead atoms. The third-order valence-corrected chi connectivity index (χ3v) is 2.33. The van der Waals surface area contributed by atoms with Gasteiger partial charge in [-0.2, -0.15) is 0 Å². The second-order valence-corrected chi connectivity index (χ2v) is 3.55. The Hall–Kier alpha value is -0.160. The summed E-state index contributed by atoms with van der Waals surface area (Å²) < 4.78 is 0. The van der Waals surface area contributed by atoms with Crippen molar-refractivity contribution in [3.8, 4) is 0 Å². The van der Waals surface area contributed by atoms with E-state index < -0.39 is 11.7 Å². The SMILES string of the molecule is OC[C@@H](O)CNCC1(O)CCC1. The predicted octanol–water partition coefficient (Wildman–Crippen LogP) is -1.16. The molecule has 72 valence electrons. The van der Waals surface area contributed by atoms with Crippen LogP contribution in [-0.4, -0.2) is 46.7 Å². The fourth-order valence-corrected chi connectivity index (χ4v) is 1.30. The summed E-state index contributed by atoms with van der Waals surface area (Å²) in [6, 6.07) is 0. The van der Waals surface area contributed by atoms with Gasteiger partial charge in [-0.15, -0.1) is 0 Å². The Bertz CT molecular complexity index is 136. The van der Waals surface area contributed by atoms with E-state index in [1.54, 1.807) is 0 Å². The van der Waals surface area contributed by atoms with Gasteiger partial charge in [0, 0.05) is 13.1 Å². The minimum atomic E-state index is -0.714. The van der Waals surface area contributed by atoms with E-state index in [1.165, 1.54) is 0 Å². The number of hydrogen-bond acceptors (Lipinski definition) is 4. The minimum absolute atomic E-state index is 0.231. The molecule has 1 atom stereocenters. The molecule has 4 N–H and O–H groups in total. The van der Waals surface area contributed by atoms with E-state index in [1.807, 2.05) is 0 Å². The molecule has 1 fully saturated rings. The van der Waals surface area contributed by atoms with Crippen LogP contribution in [0.1, 0.15) is 19.3 Å². The van der Waals surface area contributed by atoms with Gasteiger partial charge in [0.1, 0.15) is 0 Å². The summed E-state index contributed by atoms with van der Waals surface area (Å²) in [7, 11) is 0. The van der Waals surface area contributed by atoms with Crippen LogP contribution in [-0.2, 0) is 0 Å². The summed E-state index contributed by atoms with van der Waals surface area (Å²) in [6.45, 7) is 0.633. The maximum absolute atomic E-state index is 9.59. The highest BCUT2D eigenvalue weighted by Crippen LogP contribution is 2.30. The molecule has 12 heavy (non-hydrogen) atoms. The molecule has 0 unspecified atom stereocenters. The third-order valence-electron chi connectivity index (χ3n) is 2.33. The number of hydrogen-bond donors (Lipinski definition) is 4. The van der Waals surface area contributed by atoms with E-state index in [9.17, 15) is 5.11 Å². The van der Waals surface area contributed by atoms with Crippen LogP contribution in [0.5, 0.6) is 0 Å². The van der Waals surface area contributed by atoms with Crippen LogP contribution in [0.2, 0.25) is 0 Å². The molecule has 4 heteroatoms. The van der Waals surface area contributed by atoms with Crippen LogP contribution in [0.3, 0.4) is 0 Å². The predicted molar refractivity (Wildman–Crippen MR) is 44.8 cm³/mol. The largest absolute Gasteiger partial charge is 0.394 e. The van der Waals surface area contributed by atoms with Crippen molar-refractivity contribution in [2.45, 2.75) is 31.0 Å². The number of aliphatic hydroxyl groups excluding tert-OH is 2. The van der Waals surface area contributed by atoms with Crippen LogP contribution >= 0.6 is 0 Å². The molecule has 1 aliphatic carbocycles. The Morgan fingerprint density at radius 3 is 2.50 bits per heavy atom.